The van der Waals surface area contributed by atoms with Gasteiger partial charge in [-0.15, -0.1) is 0 Å². The maximum absolute atomic E-state index is 13.4. The number of benzene rings is 1. The monoisotopic (exact) mass is 289 g/mol. The minimum Gasteiger partial charge on any atom is -0.494 e. The van der Waals surface area contributed by atoms with Crippen LogP contribution in [0.5, 0.6) is 5.75 Å². The molecule has 0 amide bonds. The first-order valence-corrected chi connectivity index (χ1v) is 6.29. The van der Waals surface area contributed by atoms with Gasteiger partial charge in [-0.25, -0.2) is 4.39 Å². The third-order valence-corrected chi connectivity index (χ3v) is 3.56. The van der Waals surface area contributed by atoms with E-state index in [4.69, 9.17) is 4.74 Å². The lowest BCUT2D eigenvalue weighted by Gasteiger charge is -2.22. The first-order valence-electron chi connectivity index (χ1n) is 5.17. The largest absolute Gasteiger partial charge is 0.494 e. The summed E-state index contributed by atoms with van der Waals surface area (Å²) < 4.78 is 18.3. The van der Waals surface area contributed by atoms with Crippen LogP contribution in [0.25, 0.3) is 0 Å². The summed E-state index contributed by atoms with van der Waals surface area (Å²) in [5.74, 6) is -0.0140. The number of ether oxygens (including phenoxy) is 1. The molecule has 0 fully saturated rings. The van der Waals surface area contributed by atoms with Crippen LogP contribution in [0.4, 0.5) is 4.39 Å². The molecule has 0 aliphatic heterocycles. The van der Waals surface area contributed by atoms with E-state index in [0.29, 0.717) is 11.8 Å². The van der Waals surface area contributed by atoms with Crippen LogP contribution in [-0.4, -0.2) is 30.4 Å². The Labute approximate surface area is 105 Å². The molecule has 1 unspecified atom stereocenters. The van der Waals surface area contributed by atoms with Crippen LogP contribution in [0.1, 0.15) is 12.5 Å². The van der Waals surface area contributed by atoms with Gasteiger partial charge in [-0.1, -0.05) is 22.0 Å². The number of alkyl halides is 1. The van der Waals surface area contributed by atoms with Gasteiger partial charge in [-0.05, 0) is 31.7 Å². The van der Waals surface area contributed by atoms with Gasteiger partial charge in [0.15, 0.2) is 11.6 Å². The Kier molecular flexibility index (Phi) is 5.22. The van der Waals surface area contributed by atoms with Gasteiger partial charge in [0.2, 0.25) is 0 Å². The van der Waals surface area contributed by atoms with E-state index in [2.05, 4.69) is 27.8 Å². The zero-order valence-electron chi connectivity index (χ0n) is 9.84. The lowest BCUT2D eigenvalue weighted by molar-refractivity contribution is 0.270. The highest BCUT2D eigenvalue weighted by Gasteiger charge is 2.09. The molecule has 0 saturated heterocycles. The molecule has 0 bridgehead atoms. The standard InChI is InChI=1S/C12H17BrFNO/c1-9(7-13)15(2)8-10-4-5-12(16-3)11(14)6-10/h4-6,9H,7-8H2,1-3H3. The molecule has 0 aromatic heterocycles. The lowest BCUT2D eigenvalue weighted by Crippen LogP contribution is -2.29. The zero-order chi connectivity index (χ0) is 12.1. The van der Waals surface area contributed by atoms with Gasteiger partial charge in [0.25, 0.3) is 0 Å². The van der Waals surface area contributed by atoms with E-state index in [1.165, 1.54) is 13.2 Å². The fourth-order valence-corrected chi connectivity index (χ4v) is 1.86. The fourth-order valence-electron chi connectivity index (χ4n) is 1.37. The average molecular weight is 290 g/mol. The lowest BCUT2D eigenvalue weighted by atomic mass is 10.2. The molecular weight excluding hydrogens is 273 g/mol. The second-order valence-electron chi connectivity index (χ2n) is 3.89. The van der Waals surface area contributed by atoms with E-state index in [-0.39, 0.29) is 5.82 Å². The van der Waals surface area contributed by atoms with Gasteiger partial charge in [-0.3, -0.25) is 4.90 Å². The Hall–Kier alpha value is -0.610. The number of hydrogen-bond acceptors (Lipinski definition) is 2. The van der Waals surface area contributed by atoms with Gasteiger partial charge in [0, 0.05) is 17.9 Å². The summed E-state index contributed by atoms with van der Waals surface area (Å²) in [4.78, 5) is 2.16. The summed E-state index contributed by atoms with van der Waals surface area (Å²) in [7, 11) is 3.49. The molecule has 4 heteroatoms. The van der Waals surface area contributed by atoms with Crippen LogP contribution < -0.4 is 4.74 Å². The molecule has 1 aromatic rings. The van der Waals surface area contributed by atoms with Crippen molar-refractivity contribution in [2.75, 3.05) is 19.5 Å². The van der Waals surface area contributed by atoms with Crippen LogP contribution in [0.15, 0.2) is 18.2 Å². The molecule has 0 aliphatic rings. The maximum Gasteiger partial charge on any atom is 0.165 e. The van der Waals surface area contributed by atoms with Crippen molar-refractivity contribution in [3.05, 3.63) is 29.6 Å². The van der Waals surface area contributed by atoms with Gasteiger partial charge in [0.05, 0.1) is 7.11 Å². The van der Waals surface area contributed by atoms with E-state index in [1.807, 2.05) is 13.1 Å². The Balaban J connectivity index is 2.71. The molecule has 0 heterocycles. The third-order valence-electron chi connectivity index (χ3n) is 2.62. The van der Waals surface area contributed by atoms with Crippen LogP contribution in [0.2, 0.25) is 0 Å². The Morgan fingerprint density at radius 1 is 1.50 bits per heavy atom. The Bertz CT molecular complexity index is 346. The molecule has 16 heavy (non-hydrogen) atoms. The summed E-state index contributed by atoms with van der Waals surface area (Å²) >= 11 is 3.43. The molecular formula is C12H17BrFNO. The van der Waals surface area contributed by atoms with Crippen molar-refractivity contribution < 1.29 is 9.13 Å². The maximum atomic E-state index is 13.4. The van der Waals surface area contributed by atoms with Gasteiger partial charge in [-0.2, -0.15) is 0 Å². The SMILES string of the molecule is COc1ccc(CN(C)C(C)CBr)cc1F. The first kappa shape index (κ1) is 13.5. The predicted molar refractivity (Wildman–Crippen MR) is 67.7 cm³/mol. The number of hydrogen-bond donors (Lipinski definition) is 0. The fraction of sp³-hybridized carbons (Fsp3) is 0.500. The van der Waals surface area contributed by atoms with Crippen LogP contribution >= 0.6 is 15.9 Å². The van der Waals surface area contributed by atoms with Gasteiger partial charge < -0.3 is 4.74 Å². The highest BCUT2D eigenvalue weighted by Crippen LogP contribution is 2.18. The van der Waals surface area contributed by atoms with Crippen molar-refractivity contribution in [2.24, 2.45) is 0 Å². The molecule has 2 nitrogen and oxygen atoms in total. The van der Waals surface area contributed by atoms with E-state index in [0.717, 1.165) is 17.4 Å². The van der Waals surface area contributed by atoms with Gasteiger partial charge in [0.1, 0.15) is 0 Å². The quantitative estimate of drug-likeness (QED) is 0.773. The van der Waals surface area contributed by atoms with E-state index < -0.39 is 0 Å². The van der Waals surface area contributed by atoms with Crippen molar-refractivity contribution in [2.45, 2.75) is 19.5 Å². The number of nitrogens with zero attached hydrogens (tertiary/aromatic N) is 1. The Morgan fingerprint density at radius 3 is 2.69 bits per heavy atom. The molecule has 0 spiro atoms. The van der Waals surface area contributed by atoms with Gasteiger partial charge >= 0.3 is 0 Å². The molecule has 0 N–H and O–H groups in total. The summed E-state index contributed by atoms with van der Waals surface area (Å²) in [6.07, 6.45) is 0. The van der Waals surface area contributed by atoms with Crippen LogP contribution in [0.3, 0.4) is 0 Å². The van der Waals surface area contributed by atoms with Crippen molar-refractivity contribution >= 4 is 15.9 Å². The predicted octanol–water partition coefficient (Wildman–Crippen LogP) is 3.05. The highest BCUT2D eigenvalue weighted by atomic mass is 79.9. The molecule has 1 rings (SSSR count). The summed E-state index contributed by atoms with van der Waals surface area (Å²) in [5, 5.41) is 0.905. The summed E-state index contributed by atoms with van der Waals surface area (Å²) in [5.41, 5.74) is 0.952. The average Bonchev–Trinajstić information content (AvgIpc) is 2.28. The smallest absolute Gasteiger partial charge is 0.165 e. The number of rotatable bonds is 5. The topological polar surface area (TPSA) is 12.5 Å². The third kappa shape index (κ3) is 3.46. The highest BCUT2D eigenvalue weighted by molar-refractivity contribution is 9.09. The number of methoxy groups -OCH3 is 1. The van der Waals surface area contributed by atoms with Crippen molar-refractivity contribution in [1.29, 1.82) is 0 Å². The van der Waals surface area contributed by atoms with E-state index >= 15 is 0 Å². The second kappa shape index (κ2) is 6.21. The minimum absolute atomic E-state index is 0.292. The molecule has 1 atom stereocenters. The van der Waals surface area contributed by atoms with E-state index in [1.54, 1.807) is 6.07 Å². The molecule has 90 valence electrons. The van der Waals surface area contributed by atoms with Crippen molar-refractivity contribution in [3.8, 4) is 5.75 Å². The molecule has 0 aliphatic carbocycles. The molecule has 0 radical (unpaired) electrons. The summed E-state index contributed by atoms with van der Waals surface area (Å²) in [6.45, 7) is 2.85. The first-order chi connectivity index (χ1) is 7.58. The van der Waals surface area contributed by atoms with Crippen LogP contribution in [0, 0.1) is 5.82 Å². The van der Waals surface area contributed by atoms with Crippen LogP contribution in [-0.2, 0) is 6.54 Å². The van der Waals surface area contributed by atoms with Crippen molar-refractivity contribution in [3.63, 3.8) is 0 Å². The van der Waals surface area contributed by atoms with Crippen molar-refractivity contribution in [1.82, 2.24) is 4.90 Å². The zero-order valence-corrected chi connectivity index (χ0v) is 11.4. The minimum atomic E-state index is -0.306. The van der Waals surface area contributed by atoms with E-state index in [9.17, 15) is 4.39 Å². The second-order valence-corrected chi connectivity index (χ2v) is 4.53. The molecule has 1 aromatic carbocycles. The molecule has 0 saturated carbocycles. The normalized spacial score (nSPS) is 12.9. The summed E-state index contributed by atoms with van der Waals surface area (Å²) in [6, 6.07) is 5.50. The Morgan fingerprint density at radius 2 is 2.19 bits per heavy atom. The number of halogens is 2.